The molecule has 5 heteroatoms. The summed E-state index contributed by atoms with van der Waals surface area (Å²) in [6.07, 6.45) is -0.546. The fraction of sp³-hybridized carbons (Fsp3) is 0.462. The Morgan fingerprint density at radius 3 is 2.56 bits per heavy atom. The first-order chi connectivity index (χ1) is 8.49. The number of hydrogen-bond donors (Lipinski definition) is 0. The van der Waals surface area contributed by atoms with Crippen molar-refractivity contribution in [2.45, 2.75) is 26.5 Å². The molecule has 0 radical (unpaired) electrons. The first-order valence-electron chi connectivity index (χ1n) is 5.75. The van der Waals surface area contributed by atoms with Crippen molar-refractivity contribution in [2.75, 3.05) is 13.7 Å². The second kappa shape index (κ2) is 6.44. The highest BCUT2D eigenvalue weighted by molar-refractivity contribution is 5.80. The Balaban J connectivity index is 2.79. The second-order valence-corrected chi connectivity index (χ2v) is 3.98. The lowest BCUT2D eigenvalue weighted by Gasteiger charge is -2.23. The molecule has 0 spiro atoms. The van der Waals surface area contributed by atoms with Crippen molar-refractivity contribution in [1.29, 1.82) is 0 Å². The van der Waals surface area contributed by atoms with Crippen LogP contribution in [0.5, 0.6) is 0 Å². The molecule has 0 aliphatic heterocycles. The Kier molecular flexibility index (Phi) is 5.22. The van der Waals surface area contributed by atoms with Crippen molar-refractivity contribution in [1.82, 2.24) is 4.90 Å². The van der Waals surface area contributed by atoms with Gasteiger partial charge in [0, 0.05) is 20.2 Å². The zero-order valence-electron chi connectivity index (χ0n) is 10.7. The number of ether oxygens (including phenoxy) is 1. The van der Waals surface area contributed by atoms with Crippen LogP contribution in [-0.4, -0.2) is 30.6 Å². The lowest BCUT2D eigenvalue weighted by atomic mass is 10.2. The molecule has 0 aliphatic carbocycles. The van der Waals surface area contributed by atoms with Crippen molar-refractivity contribution >= 4 is 5.91 Å². The van der Waals surface area contributed by atoms with Gasteiger partial charge in [0.2, 0.25) is 0 Å². The summed E-state index contributed by atoms with van der Waals surface area (Å²) < 4.78 is 30.8. The van der Waals surface area contributed by atoms with Gasteiger partial charge in [0.1, 0.15) is 6.10 Å². The lowest BCUT2D eigenvalue weighted by Crippen LogP contribution is -2.38. The Bertz CT molecular complexity index is 423. The van der Waals surface area contributed by atoms with E-state index in [9.17, 15) is 13.6 Å². The molecule has 0 heterocycles. The molecule has 3 nitrogen and oxygen atoms in total. The molecule has 1 amide bonds. The van der Waals surface area contributed by atoms with Crippen LogP contribution >= 0.6 is 0 Å². The van der Waals surface area contributed by atoms with Gasteiger partial charge in [0.25, 0.3) is 5.91 Å². The number of carbonyl (C=O) groups is 1. The van der Waals surface area contributed by atoms with Crippen LogP contribution in [0.25, 0.3) is 0 Å². The molecule has 0 N–H and O–H groups in total. The molecule has 1 aromatic carbocycles. The lowest BCUT2D eigenvalue weighted by molar-refractivity contribution is -0.141. The number of nitrogens with zero attached hydrogens (tertiary/aromatic N) is 1. The summed E-state index contributed by atoms with van der Waals surface area (Å²) in [5, 5.41) is 0. The number of amides is 1. The first kappa shape index (κ1) is 14.6. The van der Waals surface area contributed by atoms with E-state index >= 15 is 0 Å². The van der Waals surface area contributed by atoms with E-state index in [1.165, 1.54) is 18.1 Å². The number of rotatable bonds is 5. The molecule has 18 heavy (non-hydrogen) atoms. The molecule has 1 aromatic rings. The predicted molar refractivity (Wildman–Crippen MR) is 63.9 cm³/mol. The zero-order valence-corrected chi connectivity index (χ0v) is 10.7. The monoisotopic (exact) mass is 257 g/mol. The third kappa shape index (κ3) is 3.50. The average molecular weight is 257 g/mol. The van der Waals surface area contributed by atoms with Crippen molar-refractivity contribution in [3.63, 3.8) is 0 Å². The minimum atomic E-state index is -0.907. The number of benzene rings is 1. The molecule has 1 unspecified atom stereocenters. The number of methoxy groups -OCH3 is 1. The standard InChI is InChI=1S/C13H17F2NO2/c1-4-16(13(17)9(2)18-3)8-10-5-6-11(14)12(15)7-10/h5-7,9H,4,8H2,1-3H3. The zero-order chi connectivity index (χ0) is 13.7. The molecule has 0 saturated heterocycles. The number of halogens is 2. The third-order valence-electron chi connectivity index (χ3n) is 2.75. The molecule has 0 aliphatic rings. The van der Waals surface area contributed by atoms with Gasteiger partial charge in [-0.25, -0.2) is 8.78 Å². The highest BCUT2D eigenvalue weighted by Crippen LogP contribution is 2.12. The van der Waals surface area contributed by atoms with E-state index in [0.717, 1.165) is 12.1 Å². The molecule has 0 fully saturated rings. The molecule has 100 valence electrons. The third-order valence-corrected chi connectivity index (χ3v) is 2.75. The summed E-state index contributed by atoms with van der Waals surface area (Å²) in [5.41, 5.74) is 0.549. The van der Waals surface area contributed by atoms with Crippen molar-refractivity contribution in [2.24, 2.45) is 0 Å². The van der Waals surface area contributed by atoms with Gasteiger partial charge in [-0.3, -0.25) is 4.79 Å². The highest BCUT2D eigenvalue weighted by Gasteiger charge is 2.19. The van der Waals surface area contributed by atoms with Crippen LogP contribution in [0.4, 0.5) is 8.78 Å². The van der Waals surface area contributed by atoms with Crippen LogP contribution < -0.4 is 0 Å². The first-order valence-corrected chi connectivity index (χ1v) is 5.75. The fourth-order valence-electron chi connectivity index (χ4n) is 1.56. The maximum absolute atomic E-state index is 13.1. The molecule has 1 rings (SSSR count). The van der Waals surface area contributed by atoms with E-state index in [0.29, 0.717) is 12.1 Å². The van der Waals surface area contributed by atoms with Crippen molar-refractivity contribution in [3.05, 3.63) is 35.4 Å². The molecular formula is C13H17F2NO2. The Hall–Kier alpha value is -1.49. The quantitative estimate of drug-likeness (QED) is 0.810. The molecular weight excluding hydrogens is 240 g/mol. The number of carbonyl (C=O) groups excluding carboxylic acids is 1. The summed E-state index contributed by atoms with van der Waals surface area (Å²) >= 11 is 0. The normalized spacial score (nSPS) is 12.3. The van der Waals surface area contributed by atoms with E-state index in [4.69, 9.17) is 4.74 Å². The predicted octanol–water partition coefficient (Wildman–Crippen LogP) is 2.35. The topological polar surface area (TPSA) is 29.5 Å². The SMILES string of the molecule is CCN(Cc1ccc(F)c(F)c1)C(=O)C(C)OC. The Labute approximate surface area is 105 Å². The summed E-state index contributed by atoms with van der Waals surface area (Å²) in [7, 11) is 1.45. The summed E-state index contributed by atoms with van der Waals surface area (Å²) in [5.74, 6) is -1.97. The Morgan fingerprint density at radius 2 is 2.06 bits per heavy atom. The van der Waals surface area contributed by atoms with E-state index < -0.39 is 17.7 Å². The van der Waals surface area contributed by atoms with Crippen LogP contribution in [-0.2, 0) is 16.1 Å². The molecule has 1 atom stereocenters. The second-order valence-electron chi connectivity index (χ2n) is 3.98. The summed E-state index contributed by atoms with van der Waals surface area (Å²) in [6.45, 7) is 4.18. The van der Waals surface area contributed by atoms with Crippen LogP contribution in [0, 0.1) is 11.6 Å². The van der Waals surface area contributed by atoms with Gasteiger partial charge in [0.05, 0.1) is 0 Å². The van der Waals surface area contributed by atoms with Gasteiger partial charge >= 0.3 is 0 Å². The van der Waals surface area contributed by atoms with Crippen molar-refractivity contribution in [3.8, 4) is 0 Å². The van der Waals surface area contributed by atoms with E-state index in [1.807, 2.05) is 6.92 Å². The van der Waals surface area contributed by atoms with Crippen LogP contribution in [0.2, 0.25) is 0 Å². The largest absolute Gasteiger partial charge is 0.372 e. The van der Waals surface area contributed by atoms with Crippen LogP contribution in [0.15, 0.2) is 18.2 Å². The fourth-order valence-corrected chi connectivity index (χ4v) is 1.56. The summed E-state index contributed by atoms with van der Waals surface area (Å²) in [6, 6.07) is 3.62. The maximum Gasteiger partial charge on any atom is 0.251 e. The van der Waals surface area contributed by atoms with Gasteiger partial charge in [-0.05, 0) is 31.5 Å². The molecule has 0 saturated carbocycles. The highest BCUT2D eigenvalue weighted by atomic mass is 19.2. The van der Waals surface area contributed by atoms with E-state index in [1.54, 1.807) is 6.92 Å². The maximum atomic E-state index is 13.1. The van der Waals surface area contributed by atoms with Crippen LogP contribution in [0.3, 0.4) is 0 Å². The van der Waals surface area contributed by atoms with Gasteiger partial charge in [-0.2, -0.15) is 0 Å². The minimum absolute atomic E-state index is 0.176. The number of likely N-dealkylation sites (N-methyl/N-ethyl adjacent to an activating group) is 1. The van der Waals surface area contributed by atoms with Gasteiger partial charge in [-0.1, -0.05) is 6.07 Å². The van der Waals surface area contributed by atoms with Gasteiger partial charge in [-0.15, -0.1) is 0 Å². The van der Waals surface area contributed by atoms with Gasteiger partial charge < -0.3 is 9.64 Å². The minimum Gasteiger partial charge on any atom is -0.372 e. The Morgan fingerprint density at radius 1 is 1.39 bits per heavy atom. The smallest absolute Gasteiger partial charge is 0.251 e. The van der Waals surface area contributed by atoms with Crippen LogP contribution in [0.1, 0.15) is 19.4 Å². The van der Waals surface area contributed by atoms with Gasteiger partial charge in [0.15, 0.2) is 11.6 Å². The van der Waals surface area contributed by atoms with E-state index in [2.05, 4.69) is 0 Å². The van der Waals surface area contributed by atoms with Crippen molar-refractivity contribution < 1.29 is 18.3 Å². The molecule has 0 aromatic heterocycles. The van der Waals surface area contributed by atoms with E-state index in [-0.39, 0.29) is 12.5 Å². The average Bonchev–Trinajstić information content (AvgIpc) is 2.38. The number of hydrogen-bond acceptors (Lipinski definition) is 2. The molecule has 0 bridgehead atoms. The summed E-state index contributed by atoms with van der Waals surface area (Å²) in [4.78, 5) is 13.4.